The molecule has 3 rings (SSSR count). The molecular weight excluding hydrogens is 367 g/mol. The lowest BCUT2D eigenvalue weighted by Gasteiger charge is -2.11. The highest BCUT2D eigenvalue weighted by molar-refractivity contribution is 7.21. The van der Waals surface area contributed by atoms with Crippen molar-refractivity contribution in [1.82, 2.24) is 4.98 Å². The molecule has 0 unspecified atom stereocenters. The number of rotatable bonds is 3. The van der Waals surface area contributed by atoms with E-state index in [1.807, 2.05) is 19.1 Å². The maximum absolute atomic E-state index is 13.6. The summed E-state index contributed by atoms with van der Waals surface area (Å²) in [4.78, 5) is 15.2. The number of primary amides is 1. The maximum atomic E-state index is 13.6. The van der Waals surface area contributed by atoms with Crippen molar-refractivity contribution in [1.29, 1.82) is 0 Å². The zero-order chi connectivity index (χ0) is 19.1. The van der Waals surface area contributed by atoms with Crippen LogP contribution in [0.1, 0.15) is 18.1 Å². The molecule has 26 heavy (non-hydrogen) atoms. The van der Waals surface area contributed by atoms with Gasteiger partial charge in [0.1, 0.15) is 4.83 Å². The molecule has 1 amide bonds. The number of hydrogen-bond donors (Lipinski definition) is 2. The first-order valence-corrected chi connectivity index (χ1v) is 8.39. The number of hydrogen-bond acceptors (Lipinski definition) is 5. The summed E-state index contributed by atoms with van der Waals surface area (Å²) in [6.07, 6.45) is -5.00. The van der Waals surface area contributed by atoms with Gasteiger partial charge in [0.05, 0.1) is 22.3 Å². The monoisotopic (exact) mass is 381 g/mol. The van der Waals surface area contributed by atoms with Gasteiger partial charge in [0.25, 0.3) is 0 Å². The van der Waals surface area contributed by atoms with Crippen LogP contribution in [0, 0.1) is 0 Å². The summed E-state index contributed by atoms with van der Waals surface area (Å²) in [7, 11) is 0. The number of carbonyl (C=O) groups is 1. The minimum atomic E-state index is -4.65. The first-order valence-electron chi connectivity index (χ1n) is 7.57. The fourth-order valence-electron chi connectivity index (χ4n) is 2.55. The topological polar surface area (TPSA) is 91.2 Å². The molecule has 0 radical (unpaired) electrons. The van der Waals surface area contributed by atoms with Crippen LogP contribution < -0.4 is 16.2 Å². The lowest BCUT2D eigenvalue weighted by molar-refractivity contribution is -0.136. The molecule has 0 saturated carbocycles. The molecular formula is C17H14F3N3O2S. The molecule has 136 valence electrons. The fourth-order valence-corrected chi connectivity index (χ4v) is 3.53. The number of ether oxygens (including phenoxy) is 1. The zero-order valence-electron chi connectivity index (χ0n) is 13.6. The zero-order valence-corrected chi connectivity index (χ0v) is 14.4. The van der Waals surface area contributed by atoms with Crippen LogP contribution in [0.4, 0.5) is 23.7 Å². The standard InChI is InChI=1S/C17H14F3N3O2S/c1-2-8-3-5-9(6-4-8)11-7-10(17(18,19)20)12-13(21)15(25-16(22)24)26-14(12)23-11/h3-7H,2,21H2,1H3,(H2,22,24). The number of alkyl halides is 3. The highest BCUT2D eigenvalue weighted by atomic mass is 32.1. The second-order valence-corrected chi connectivity index (χ2v) is 6.47. The van der Waals surface area contributed by atoms with Crippen molar-refractivity contribution in [2.24, 2.45) is 5.73 Å². The fraction of sp³-hybridized carbons (Fsp3) is 0.176. The largest absolute Gasteiger partial charge is 0.417 e. The number of nitrogens with zero attached hydrogens (tertiary/aromatic N) is 1. The third-order valence-corrected chi connectivity index (χ3v) is 4.80. The van der Waals surface area contributed by atoms with E-state index in [0.717, 1.165) is 29.4 Å². The number of anilines is 1. The van der Waals surface area contributed by atoms with Crippen molar-refractivity contribution in [2.45, 2.75) is 19.5 Å². The first-order chi connectivity index (χ1) is 12.2. The van der Waals surface area contributed by atoms with E-state index in [1.165, 1.54) is 0 Å². The van der Waals surface area contributed by atoms with Gasteiger partial charge in [0.2, 0.25) is 5.06 Å². The molecule has 1 aromatic carbocycles. The second kappa shape index (κ2) is 6.49. The van der Waals surface area contributed by atoms with Crippen LogP contribution in [0.3, 0.4) is 0 Å². The molecule has 4 N–H and O–H groups in total. The Hall–Kier alpha value is -2.81. The number of nitrogens with two attached hydrogens (primary N) is 2. The van der Waals surface area contributed by atoms with Crippen LogP contribution >= 0.6 is 11.3 Å². The maximum Gasteiger partial charge on any atom is 0.417 e. The summed E-state index contributed by atoms with van der Waals surface area (Å²) in [6, 6.07) is 8.04. The molecule has 0 saturated heterocycles. The van der Waals surface area contributed by atoms with Gasteiger partial charge in [0, 0.05) is 5.56 Å². The average Bonchev–Trinajstić information content (AvgIpc) is 2.88. The number of fused-ring (bicyclic) bond motifs is 1. The van der Waals surface area contributed by atoms with Crippen LogP contribution in [0.15, 0.2) is 30.3 Å². The molecule has 0 aliphatic carbocycles. The quantitative estimate of drug-likeness (QED) is 0.694. The minimum absolute atomic E-state index is 0.0168. The van der Waals surface area contributed by atoms with Crippen molar-refractivity contribution in [3.05, 3.63) is 41.5 Å². The average molecular weight is 381 g/mol. The number of halogens is 3. The van der Waals surface area contributed by atoms with Crippen molar-refractivity contribution in [3.8, 4) is 16.3 Å². The molecule has 0 atom stereocenters. The van der Waals surface area contributed by atoms with Gasteiger partial charge in [-0.05, 0) is 18.1 Å². The third kappa shape index (κ3) is 3.30. The Kier molecular flexibility index (Phi) is 4.49. The lowest BCUT2D eigenvalue weighted by Crippen LogP contribution is -2.16. The van der Waals surface area contributed by atoms with Gasteiger partial charge in [0.15, 0.2) is 0 Å². The van der Waals surface area contributed by atoms with Crippen LogP contribution in [-0.2, 0) is 12.6 Å². The van der Waals surface area contributed by atoms with Crippen LogP contribution in [0.25, 0.3) is 21.5 Å². The summed E-state index contributed by atoms with van der Waals surface area (Å²) in [6.45, 7) is 1.98. The molecule has 2 aromatic heterocycles. The summed E-state index contributed by atoms with van der Waals surface area (Å²) in [5.74, 6) is 0. The molecule has 0 aliphatic rings. The molecule has 9 heteroatoms. The van der Waals surface area contributed by atoms with Gasteiger partial charge in [-0.1, -0.05) is 42.5 Å². The van der Waals surface area contributed by atoms with Gasteiger partial charge in [-0.25, -0.2) is 9.78 Å². The van der Waals surface area contributed by atoms with E-state index < -0.39 is 17.8 Å². The van der Waals surface area contributed by atoms with Gasteiger partial charge in [-0.3, -0.25) is 0 Å². The third-order valence-electron chi connectivity index (χ3n) is 3.82. The highest BCUT2D eigenvalue weighted by Gasteiger charge is 2.36. The van der Waals surface area contributed by atoms with E-state index in [9.17, 15) is 18.0 Å². The predicted octanol–water partition coefficient (Wildman–Crippen LogP) is 4.58. The first kappa shape index (κ1) is 18.0. The predicted molar refractivity (Wildman–Crippen MR) is 94.1 cm³/mol. The van der Waals surface area contributed by atoms with E-state index >= 15 is 0 Å². The molecule has 0 spiro atoms. The molecule has 0 fully saturated rings. The van der Waals surface area contributed by atoms with Crippen molar-refractivity contribution >= 4 is 33.3 Å². The van der Waals surface area contributed by atoms with Crippen molar-refractivity contribution in [2.75, 3.05) is 5.73 Å². The van der Waals surface area contributed by atoms with Crippen LogP contribution in [0.5, 0.6) is 5.06 Å². The Morgan fingerprint density at radius 3 is 2.46 bits per heavy atom. The van der Waals surface area contributed by atoms with Crippen LogP contribution in [-0.4, -0.2) is 11.1 Å². The normalized spacial score (nSPS) is 11.7. The molecule has 3 aromatic rings. The number of amides is 1. The number of pyridine rings is 1. The SMILES string of the molecule is CCc1ccc(-c2cc(C(F)(F)F)c3c(N)c(OC(N)=O)sc3n2)cc1. The van der Waals surface area contributed by atoms with Gasteiger partial charge >= 0.3 is 12.3 Å². The lowest BCUT2D eigenvalue weighted by atomic mass is 10.0. The number of aromatic nitrogens is 1. The van der Waals surface area contributed by atoms with E-state index in [4.69, 9.17) is 16.2 Å². The summed E-state index contributed by atoms with van der Waals surface area (Å²) in [5.41, 5.74) is 11.2. The van der Waals surface area contributed by atoms with E-state index in [-0.39, 0.29) is 26.7 Å². The number of benzene rings is 1. The van der Waals surface area contributed by atoms with E-state index in [1.54, 1.807) is 12.1 Å². The number of thiophene rings is 1. The number of nitrogen functional groups attached to an aromatic ring is 1. The molecule has 5 nitrogen and oxygen atoms in total. The Morgan fingerprint density at radius 2 is 1.92 bits per heavy atom. The minimum Gasteiger partial charge on any atom is -0.397 e. The van der Waals surface area contributed by atoms with Crippen LogP contribution in [0.2, 0.25) is 0 Å². The summed E-state index contributed by atoms with van der Waals surface area (Å²) < 4.78 is 45.4. The van der Waals surface area contributed by atoms with Crippen molar-refractivity contribution in [3.63, 3.8) is 0 Å². The Balaban J connectivity index is 2.24. The van der Waals surface area contributed by atoms with Gasteiger partial charge < -0.3 is 16.2 Å². The Labute approximate surface area is 150 Å². The number of aryl methyl sites for hydroxylation is 1. The smallest absolute Gasteiger partial charge is 0.397 e. The Bertz CT molecular complexity index is 982. The van der Waals surface area contributed by atoms with Gasteiger partial charge in [-0.2, -0.15) is 13.2 Å². The van der Waals surface area contributed by atoms with E-state index in [2.05, 4.69) is 4.98 Å². The van der Waals surface area contributed by atoms with E-state index in [0.29, 0.717) is 5.56 Å². The molecule has 0 aliphatic heterocycles. The number of carbonyl (C=O) groups excluding carboxylic acids is 1. The Morgan fingerprint density at radius 1 is 1.27 bits per heavy atom. The van der Waals surface area contributed by atoms with Gasteiger partial charge in [-0.15, -0.1) is 0 Å². The second-order valence-electron chi connectivity index (χ2n) is 5.51. The van der Waals surface area contributed by atoms with Crippen molar-refractivity contribution < 1.29 is 22.7 Å². The molecule has 2 heterocycles. The summed E-state index contributed by atoms with van der Waals surface area (Å²) in [5, 5.41) is -0.503. The summed E-state index contributed by atoms with van der Waals surface area (Å²) >= 11 is 0.740. The molecule has 0 bridgehead atoms. The highest BCUT2D eigenvalue weighted by Crippen LogP contribution is 2.46.